The number of aliphatic imine (C=N–C) groups is 1. The van der Waals surface area contributed by atoms with E-state index in [9.17, 15) is 19.2 Å². The first kappa shape index (κ1) is 31.2. The molecule has 5 rings (SSSR count). The summed E-state index contributed by atoms with van der Waals surface area (Å²) in [6, 6.07) is 27.0. The quantitative estimate of drug-likeness (QED) is 0.118. The van der Waals surface area contributed by atoms with Gasteiger partial charge in [-0.2, -0.15) is 0 Å². The van der Waals surface area contributed by atoms with E-state index < -0.39 is 30.1 Å². The number of likely N-dealkylation sites (tertiary alicyclic amines) is 1. The average Bonchev–Trinajstić information content (AvgIpc) is 3.08. The maximum absolute atomic E-state index is 12.8. The zero-order valence-corrected chi connectivity index (χ0v) is 24.8. The number of nitrogens with one attached hydrogen (secondary N) is 2. The third-order valence-electron chi connectivity index (χ3n) is 7.75. The Bertz CT molecular complexity index is 1480. The predicted molar refractivity (Wildman–Crippen MR) is 164 cm³/mol. The summed E-state index contributed by atoms with van der Waals surface area (Å²) in [7, 11) is 0. The number of hydrogen-bond donors (Lipinski definition) is 2. The van der Waals surface area contributed by atoms with Gasteiger partial charge in [0.25, 0.3) is 0 Å². The van der Waals surface area contributed by atoms with E-state index in [0.717, 1.165) is 29.5 Å². The second-order valence-corrected chi connectivity index (χ2v) is 11.0. The Morgan fingerprint density at radius 3 is 1.93 bits per heavy atom. The van der Waals surface area contributed by atoms with E-state index in [-0.39, 0.29) is 37.6 Å². The minimum Gasteiger partial charge on any atom is -0.459 e. The molecule has 2 N–H and O–H groups in total. The van der Waals surface area contributed by atoms with Crippen molar-refractivity contribution in [2.45, 2.75) is 45.1 Å². The van der Waals surface area contributed by atoms with Gasteiger partial charge in [-0.3, -0.25) is 10.1 Å². The molecule has 0 bridgehead atoms. The first-order valence-corrected chi connectivity index (χ1v) is 15.0. The largest absolute Gasteiger partial charge is 0.459 e. The van der Waals surface area contributed by atoms with Crippen LogP contribution in [0.4, 0.5) is 9.59 Å². The first-order valence-electron chi connectivity index (χ1n) is 15.0. The molecule has 0 aromatic heterocycles. The minimum absolute atomic E-state index is 0.00713. The van der Waals surface area contributed by atoms with Crippen molar-refractivity contribution in [3.8, 4) is 0 Å². The fourth-order valence-electron chi connectivity index (χ4n) is 5.38. The number of hydrogen-bond acceptors (Lipinski definition) is 7. The molecule has 2 aliphatic rings. The van der Waals surface area contributed by atoms with Gasteiger partial charge in [0.05, 0.1) is 5.92 Å². The van der Waals surface area contributed by atoms with E-state index in [1.54, 1.807) is 4.90 Å². The highest BCUT2D eigenvalue weighted by atomic mass is 16.6. The van der Waals surface area contributed by atoms with Crippen LogP contribution in [0.25, 0.3) is 0 Å². The monoisotopic (exact) mass is 612 g/mol. The Balaban J connectivity index is 1.21. The third kappa shape index (κ3) is 9.15. The standard InChI is InChI=1S/C34H36N4O7/c39-30-28(29(35-30)31(40)43-21-24-11-4-1-5-12-24)19-27-17-10-18-38(20-27)32(36-33(41)44-22-25-13-6-2-7-14-25)37-34(42)45-23-26-15-8-3-9-16-26/h1-9,11-16,27-29H,10,17-23H2,(H,35,39)(H,36,37,41,42). The number of alkyl carbamates (subject to hydrolysis) is 1. The number of benzene rings is 3. The number of piperidine rings is 1. The second-order valence-electron chi connectivity index (χ2n) is 11.0. The third-order valence-corrected chi connectivity index (χ3v) is 7.75. The van der Waals surface area contributed by atoms with E-state index in [2.05, 4.69) is 15.6 Å². The van der Waals surface area contributed by atoms with E-state index >= 15 is 0 Å². The molecule has 0 saturated carbocycles. The lowest BCUT2D eigenvalue weighted by atomic mass is 9.80. The molecule has 11 heteroatoms. The van der Waals surface area contributed by atoms with Crippen LogP contribution in [0.3, 0.4) is 0 Å². The number of esters is 1. The smallest absolute Gasteiger partial charge is 0.437 e. The molecule has 0 radical (unpaired) electrons. The van der Waals surface area contributed by atoms with Gasteiger partial charge in [-0.15, -0.1) is 4.99 Å². The molecule has 3 amide bonds. The summed E-state index contributed by atoms with van der Waals surface area (Å²) in [5.74, 6) is -1.20. The number of rotatable bonds is 9. The van der Waals surface area contributed by atoms with Gasteiger partial charge in [-0.25, -0.2) is 14.4 Å². The van der Waals surface area contributed by atoms with Gasteiger partial charge < -0.3 is 24.4 Å². The molecule has 234 valence electrons. The SMILES string of the molecule is O=C(/N=C(\NC(=O)OCc1ccccc1)N1CCCC(CC2C(=O)NC2C(=O)OCc2ccccc2)C1)OCc1ccccc1. The lowest BCUT2D eigenvalue weighted by Gasteiger charge is -2.40. The average molecular weight is 613 g/mol. The van der Waals surface area contributed by atoms with Gasteiger partial charge in [-0.1, -0.05) is 91.0 Å². The van der Waals surface area contributed by atoms with Crippen LogP contribution >= 0.6 is 0 Å². The first-order chi connectivity index (χ1) is 21.9. The van der Waals surface area contributed by atoms with E-state index in [4.69, 9.17) is 14.2 Å². The van der Waals surface area contributed by atoms with Gasteiger partial charge in [-0.05, 0) is 41.9 Å². The summed E-state index contributed by atoms with van der Waals surface area (Å²) < 4.78 is 16.2. The summed E-state index contributed by atoms with van der Waals surface area (Å²) in [5, 5.41) is 5.29. The number of carbonyl (C=O) groups is 4. The zero-order valence-electron chi connectivity index (χ0n) is 24.8. The van der Waals surface area contributed by atoms with Crippen molar-refractivity contribution in [2.24, 2.45) is 16.8 Å². The van der Waals surface area contributed by atoms with Crippen molar-refractivity contribution in [1.82, 2.24) is 15.5 Å². The molecule has 2 heterocycles. The van der Waals surface area contributed by atoms with Crippen LogP contribution in [0.5, 0.6) is 0 Å². The molecule has 45 heavy (non-hydrogen) atoms. The molecule has 2 saturated heterocycles. The van der Waals surface area contributed by atoms with Crippen LogP contribution in [0.1, 0.15) is 36.0 Å². The molecular weight excluding hydrogens is 576 g/mol. The maximum Gasteiger partial charge on any atom is 0.437 e. The molecule has 3 aromatic carbocycles. The normalized spacial score (nSPS) is 19.5. The summed E-state index contributed by atoms with van der Waals surface area (Å²) in [6.07, 6.45) is 0.337. The van der Waals surface area contributed by atoms with Gasteiger partial charge >= 0.3 is 18.2 Å². The minimum atomic E-state index is -0.862. The van der Waals surface area contributed by atoms with Gasteiger partial charge in [0.2, 0.25) is 11.9 Å². The summed E-state index contributed by atoms with van der Waals surface area (Å²) >= 11 is 0. The highest BCUT2D eigenvalue weighted by Crippen LogP contribution is 2.30. The lowest BCUT2D eigenvalue weighted by Crippen LogP contribution is -2.63. The Labute approximate surface area is 261 Å². The summed E-state index contributed by atoms with van der Waals surface area (Å²) in [6.45, 7) is 1.11. The van der Waals surface area contributed by atoms with Crippen LogP contribution in [0.2, 0.25) is 0 Å². The molecule has 11 nitrogen and oxygen atoms in total. The van der Waals surface area contributed by atoms with Crippen LogP contribution in [-0.2, 0) is 43.6 Å². The molecule has 0 spiro atoms. The second kappa shape index (κ2) is 15.5. The Morgan fingerprint density at radius 1 is 0.800 bits per heavy atom. The highest BCUT2D eigenvalue weighted by Gasteiger charge is 2.46. The molecule has 3 atom stereocenters. The summed E-state index contributed by atoms with van der Waals surface area (Å²) in [4.78, 5) is 56.6. The molecule has 3 unspecified atom stereocenters. The molecule has 0 aliphatic carbocycles. The summed E-state index contributed by atoms with van der Waals surface area (Å²) in [5.41, 5.74) is 2.47. The Kier molecular flexibility index (Phi) is 10.8. The van der Waals surface area contributed by atoms with Gasteiger partial charge in [0.15, 0.2) is 0 Å². The highest BCUT2D eigenvalue weighted by molar-refractivity contribution is 5.99. The van der Waals surface area contributed by atoms with E-state index in [1.807, 2.05) is 91.0 Å². The number of ether oxygens (including phenoxy) is 3. The van der Waals surface area contributed by atoms with Crippen LogP contribution in [0, 0.1) is 11.8 Å². The number of carbonyl (C=O) groups excluding carboxylic acids is 4. The van der Waals surface area contributed by atoms with Gasteiger partial charge in [0, 0.05) is 13.1 Å². The molecular formula is C34H36N4O7. The van der Waals surface area contributed by atoms with Gasteiger partial charge in [0.1, 0.15) is 25.9 Å². The predicted octanol–water partition coefficient (Wildman–Crippen LogP) is 4.57. The lowest BCUT2D eigenvalue weighted by molar-refractivity contribution is -0.159. The van der Waals surface area contributed by atoms with Crippen LogP contribution in [-0.4, -0.2) is 54.1 Å². The van der Waals surface area contributed by atoms with Crippen molar-refractivity contribution in [3.05, 3.63) is 108 Å². The number of amides is 3. The van der Waals surface area contributed by atoms with Crippen molar-refractivity contribution < 1.29 is 33.4 Å². The van der Waals surface area contributed by atoms with Crippen LogP contribution < -0.4 is 10.6 Å². The fourth-order valence-corrected chi connectivity index (χ4v) is 5.38. The van der Waals surface area contributed by atoms with Crippen molar-refractivity contribution in [1.29, 1.82) is 0 Å². The number of nitrogens with zero attached hydrogens (tertiary/aromatic N) is 2. The molecule has 3 aromatic rings. The maximum atomic E-state index is 12.8. The fraction of sp³-hybridized carbons (Fsp3) is 0.324. The van der Waals surface area contributed by atoms with E-state index in [1.165, 1.54) is 0 Å². The van der Waals surface area contributed by atoms with Crippen molar-refractivity contribution in [2.75, 3.05) is 13.1 Å². The topological polar surface area (TPSA) is 136 Å². The van der Waals surface area contributed by atoms with Crippen molar-refractivity contribution >= 4 is 30.0 Å². The number of guanidine groups is 1. The Morgan fingerprint density at radius 2 is 1.36 bits per heavy atom. The Hall–Kier alpha value is -5.19. The molecule has 2 aliphatic heterocycles. The number of β-lactam (4-membered cyclic amide) rings is 1. The zero-order chi connectivity index (χ0) is 31.4. The van der Waals surface area contributed by atoms with Crippen LogP contribution in [0.15, 0.2) is 96.0 Å². The molecule has 2 fully saturated rings. The van der Waals surface area contributed by atoms with E-state index in [0.29, 0.717) is 19.5 Å². The van der Waals surface area contributed by atoms with Crippen molar-refractivity contribution in [3.63, 3.8) is 0 Å².